The van der Waals surface area contributed by atoms with Crippen LogP contribution in [0.25, 0.3) is 0 Å². The Bertz CT molecular complexity index is 405. The molecule has 0 unspecified atom stereocenters. The van der Waals surface area contributed by atoms with E-state index >= 15 is 0 Å². The summed E-state index contributed by atoms with van der Waals surface area (Å²) in [5, 5.41) is 0. The number of halogens is 1. The lowest BCUT2D eigenvalue weighted by molar-refractivity contribution is 0.608. The first-order valence-corrected chi connectivity index (χ1v) is 5.72. The molecule has 0 aromatic carbocycles. The highest BCUT2D eigenvalue weighted by Gasteiger charge is 2.19. The van der Waals surface area contributed by atoms with Crippen molar-refractivity contribution in [3.8, 4) is 0 Å². The highest BCUT2D eigenvalue weighted by molar-refractivity contribution is 8.13. The summed E-state index contributed by atoms with van der Waals surface area (Å²) in [5.74, 6) is 0. The molecule has 12 heavy (non-hydrogen) atoms. The maximum atomic E-state index is 11.0. The van der Waals surface area contributed by atoms with Crippen LogP contribution in [0.2, 0.25) is 0 Å². The van der Waals surface area contributed by atoms with Crippen LogP contribution < -0.4 is 0 Å². The van der Waals surface area contributed by atoms with Gasteiger partial charge in [-0.15, -0.1) is 0 Å². The third-order valence-corrected chi connectivity index (χ3v) is 3.41. The van der Waals surface area contributed by atoms with Gasteiger partial charge in [0.2, 0.25) is 0 Å². The van der Waals surface area contributed by atoms with Crippen LogP contribution in [0.15, 0.2) is 11.1 Å². The average molecular weight is 208 g/mol. The van der Waals surface area contributed by atoms with E-state index in [1.165, 1.54) is 0 Å². The van der Waals surface area contributed by atoms with E-state index in [4.69, 9.17) is 10.7 Å². The largest absolute Gasteiger partial charge is 0.353 e. The van der Waals surface area contributed by atoms with E-state index in [9.17, 15) is 8.42 Å². The predicted molar refractivity (Wildman–Crippen MR) is 47.9 cm³/mol. The zero-order valence-corrected chi connectivity index (χ0v) is 8.70. The molecule has 0 amide bonds. The highest BCUT2D eigenvalue weighted by atomic mass is 35.7. The van der Waals surface area contributed by atoms with Gasteiger partial charge in [-0.05, 0) is 19.4 Å². The van der Waals surface area contributed by atoms with Crippen molar-refractivity contribution in [2.45, 2.75) is 18.7 Å². The molecule has 0 bridgehead atoms. The van der Waals surface area contributed by atoms with Crippen LogP contribution in [0, 0.1) is 13.8 Å². The molecule has 0 saturated heterocycles. The van der Waals surface area contributed by atoms with E-state index in [1.54, 1.807) is 31.7 Å². The summed E-state index contributed by atoms with van der Waals surface area (Å²) in [7, 11) is 3.43. The molecule has 0 saturated carbocycles. The van der Waals surface area contributed by atoms with Crippen LogP contribution in [0.5, 0.6) is 0 Å². The Kier molecular flexibility index (Phi) is 2.23. The third-order valence-electron chi connectivity index (χ3n) is 1.85. The first kappa shape index (κ1) is 9.61. The van der Waals surface area contributed by atoms with Gasteiger partial charge in [-0.25, -0.2) is 8.42 Å². The van der Waals surface area contributed by atoms with Crippen LogP contribution in [-0.4, -0.2) is 13.0 Å². The predicted octanol–water partition coefficient (Wildman–Crippen LogP) is 1.57. The second-order valence-corrected chi connectivity index (χ2v) is 5.28. The summed E-state index contributed by atoms with van der Waals surface area (Å²) in [6.45, 7) is 3.45. The van der Waals surface area contributed by atoms with Crippen molar-refractivity contribution in [3.05, 3.63) is 17.5 Å². The summed E-state index contributed by atoms with van der Waals surface area (Å²) in [5.41, 5.74) is 1.35. The Morgan fingerprint density at radius 3 is 2.08 bits per heavy atom. The Morgan fingerprint density at radius 2 is 1.92 bits per heavy atom. The SMILES string of the molecule is Cc1cn(C)c(C)c1S(=O)(=O)Cl. The van der Waals surface area contributed by atoms with Crippen molar-refractivity contribution in [1.82, 2.24) is 4.57 Å². The quantitative estimate of drug-likeness (QED) is 0.656. The first-order chi connectivity index (χ1) is 5.34. The van der Waals surface area contributed by atoms with Crippen LogP contribution in [0.1, 0.15) is 11.3 Å². The van der Waals surface area contributed by atoms with E-state index in [1.807, 2.05) is 0 Å². The molecule has 1 rings (SSSR count). The van der Waals surface area contributed by atoms with Crippen molar-refractivity contribution in [2.75, 3.05) is 0 Å². The number of hydrogen-bond donors (Lipinski definition) is 0. The first-order valence-electron chi connectivity index (χ1n) is 3.41. The fourth-order valence-corrected chi connectivity index (χ4v) is 2.89. The molecular formula is C7H10ClNO2S. The Hall–Kier alpha value is -0.480. The molecule has 0 spiro atoms. The second kappa shape index (κ2) is 2.78. The molecule has 0 atom stereocenters. The van der Waals surface area contributed by atoms with Gasteiger partial charge in [-0.2, -0.15) is 0 Å². The Morgan fingerprint density at radius 1 is 1.42 bits per heavy atom. The van der Waals surface area contributed by atoms with Gasteiger partial charge in [0.25, 0.3) is 9.05 Å². The lowest BCUT2D eigenvalue weighted by Crippen LogP contribution is -1.96. The molecule has 5 heteroatoms. The van der Waals surface area contributed by atoms with Crippen molar-refractivity contribution in [3.63, 3.8) is 0 Å². The van der Waals surface area contributed by atoms with Crippen molar-refractivity contribution in [2.24, 2.45) is 7.05 Å². The zero-order valence-electron chi connectivity index (χ0n) is 7.13. The van der Waals surface area contributed by atoms with Crippen molar-refractivity contribution < 1.29 is 8.42 Å². The van der Waals surface area contributed by atoms with Gasteiger partial charge in [0.15, 0.2) is 0 Å². The maximum Gasteiger partial charge on any atom is 0.263 e. The number of nitrogens with zero attached hydrogens (tertiary/aromatic N) is 1. The van der Waals surface area contributed by atoms with Gasteiger partial charge < -0.3 is 4.57 Å². The smallest absolute Gasteiger partial charge is 0.263 e. The highest BCUT2D eigenvalue weighted by Crippen LogP contribution is 2.24. The molecular weight excluding hydrogens is 198 g/mol. The maximum absolute atomic E-state index is 11.0. The monoisotopic (exact) mass is 207 g/mol. The molecule has 68 valence electrons. The summed E-state index contributed by atoms with van der Waals surface area (Å²) >= 11 is 0. The van der Waals surface area contributed by atoms with Gasteiger partial charge in [0.1, 0.15) is 4.90 Å². The molecule has 1 aromatic rings. The van der Waals surface area contributed by atoms with E-state index in [0.717, 1.165) is 0 Å². The minimum atomic E-state index is -3.59. The van der Waals surface area contributed by atoms with Crippen molar-refractivity contribution >= 4 is 19.7 Å². The number of hydrogen-bond acceptors (Lipinski definition) is 2. The fraction of sp³-hybridized carbons (Fsp3) is 0.429. The molecule has 3 nitrogen and oxygen atoms in total. The molecule has 0 radical (unpaired) electrons. The number of aromatic nitrogens is 1. The summed E-state index contributed by atoms with van der Waals surface area (Å²) in [4.78, 5) is 0.228. The molecule has 1 aromatic heterocycles. The van der Waals surface area contributed by atoms with Crippen molar-refractivity contribution in [1.29, 1.82) is 0 Å². The third kappa shape index (κ3) is 1.49. The van der Waals surface area contributed by atoms with Gasteiger partial charge in [0.05, 0.1) is 0 Å². The van der Waals surface area contributed by atoms with Crippen LogP contribution in [-0.2, 0) is 16.1 Å². The van der Waals surface area contributed by atoms with Crippen LogP contribution in [0.4, 0.5) is 0 Å². The minimum absolute atomic E-state index is 0.228. The van der Waals surface area contributed by atoms with Gasteiger partial charge in [0, 0.05) is 29.6 Å². The summed E-state index contributed by atoms with van der Waals surface area (Å²) in [6.07, 6.45) is 1.74. The van der Waals surface area contributed by atoms with E-state index in [0.29, 0.717) is 11.3 Å². The fourth-order valence-electron chi connectivity index (χ4n) is 1.26. The molecule has 1 heterocycles. The Balaban J connectivity index is 3.54. The average Bonchev–Trinajstić information content (AvgIpc) is 2.05. The van der Waals surface area contributed by atoms with Gasteiger partial charge in [-0.1, -0.05) is 0 Å². The molecule has 0 aliphatic heterocycles. The molecule has 0 N–H and O–H groups in total. The Labute approximate surface area is 76.4 Å². The molecule has 0 aliphatic carbocycles. The van der Waals surface area contributed by atoms with Crippen LogP contribution in [0.3, 0.4) is 0 Å². The van der Waals surface area contributed by atoms with E-state index in [-0.39, 0.29) is 4.90 Å². The normalized spacial score (nSPS) is 12.0. The number of aryl methyl sites for hydroxylation is 2. The summed E-state index contributed by atoms with van der Waals surface area (Å²) < 4.78 is 23.8. The summed E-state index contributed by atoms with van der Waals surface area (Å²) in [6, 6.07) is 0. The topological polar surface area (TPSA) is 39.1 Å². The lowest BCUT2D eigenvalue weighted by Gasteiger charge is -1.97. The number of rotatable bonds is 1. The lowest BCUT2D eigenvalue weighted by atomic mass is 10.3. The van der Waals surface area contributed by atoms with E-state index < -0.39 is 9.05 Å². The van der Waals surface area contributed by atoms with Crippen LogP contribution >= 0.6 is 10.7 Å². The zero-order chi connectivity index (χ0) is 9.52. The standard InChI is InChI=1S/C7H10ClNO2S/c1-5-4-9(3)6(2)7(5)12(8,10)11/h4H,1-3H3. The minimum Gasteiger partial charge on any atom is -0.353 e. The second-order valence-electron chi connectivity index (χ2n) is 2.78. The molecule has 0 fully saturated rings. The molecule has 0 aliphatic rings. The van der Waals surface area contributed by atoms with Gasteiger partial charge in [-0.3, -0.25) is 0 Å². The van der Waals surface area contributed by atoms with E-state index in [2.05, 4.69) is 0 Å². The van der Waals surface area contributed by atoms with Gasteiger partial charge >= 0.3 is 0 Å².